The largest absolute Gasteiger partial charge is 0.493 e. The van der Waals surface area contributed by atoms with E-state index in [2.05, 4.69) is 0 Å². The molecule has 1 aromatic carbocycles. The van der Waals surface area contributed by atoms with Crippen molar-refractivity contribution in [3.63, 3.8) is 0 Å². The maximum atomic E-state index is 12.8. The number of hydrogen-bond acceptors (Lipinski definition) is 3. The van der Waals surface area contributed by atoms with E-state index in [0.29, 0.717) is 6.42 Å². The highest BCUT2D eigenvalue weighted by Crippen LogP contribution is 2.38. The third-order valence-electron chi connectivity index (χ3n) is 2.47. The molecule has 0 atom stereocenters. The van der Waals surface area contributed by atoms with Gasteiger partial charge in [-0.1, -0.05) is 31.9 Å². The smallest absolute Gasteiger partial charge is 0.420 e. The lowest BCUT2D eigenvalue weighted by molar-refractivity contribution is -0.139. The molecule has 0 bridgehead atoms. The average Bonchev–Trinajstić information content (AvgIpc) is 2.44. The van der Waals surface area contributed by atoms with E-state index in [-0.39, 0.29) is 18.6 Å². The van der Waals surface area contributed by atoms with Crippen molar-refractivity contribution in [2.75, 3.05) is 13.7 Å². The van der Waals surface area contributed by atoms with Gasteiger partial charge in [0.05, 0.1) is 6.61 Å². The first-order valence-electron chi connectivity index (χ1n) is 6.23. The summed E-state index contributed by atoms with van der Waals surface area (Å²) in [6.45, 7) is 2.22. The number of carbonyl (C=O) groups excluding carboxylic acids is 1. The quantitative estimate of drug-likeness (QED) is 0.642. The van der Waals surface area contributed by atoms with Crippen LogP contribution in [0, 0.1) is 0 Å². The molecule has 0 aromatic heterocycles. The van der Waals surface area contributed by atoms with Crippen LogP contribution in [-0.2, 0) is 6.18 Å². The van der Waals surface area contributed by atoms with Gasteiger partial charge < -0.3 is 9.84 Å². The molecule has 114 valence electrons. The number of halogens is 3. The molecule has 3 nitrogen and oxygen atoms in total. The molecule has 0 heterocycles. The van der Waals surface area contributed by atoms with Gasteiger partial charge in [-0.2, -0.15) is 13.2 Å². The molecule has 0 saturated carbocycles. The number of alkyl halides is 3. The lowest BCUT2D eigenvalue weighted by Gasteiger charge is -2.15. The van der Waals surface area contributed by atoms with Crippen LogP contribution < -0.4 is 4.74 Å². The highest BCUT2D eigenvalue weighted by atomic mass is 19.4. The Morgan fingerprint density at radius 3 is 2.40 bits per heavy atom. The van der Waals surface area contributed by atoms with Crippen LogP contribution in [0.4, 0.5) is 13.2 Å². The molecule has 0 unspecified atom stereocenters. The van der Waals surface area contributed by atoms with Gasteiger partial charge in [-0.3, -0.25) is 4.79 Å². The van der Waals surface area contributed by atoms with E-state index in [9.17, 15) is 18.0 Å². The maximum absolute atomic E-state index is 12.8. The molecule has 0 aliphatic rings. The van der Waals surface area contributed by atoms with Gasteiger partial charge in [-0.25, -0.2) is 0 Å². The molecule has 6 heteroatoms. The third-order valence-corrected chi connectivity index (χ3v) is 2.47. The summed E-state index contributed by atoms with van der Waals surface area (Å²) < 4.78 is 43.6. The second-order valence-electron chi connectivity index (χ2n) is 3.89. The van der Waals surface area contributed by atoms with Crippen molar-refractivity contribution < 1.29 is 27.8 Å². The number of carbonyl (C=O) groups is 1. The van der Waals surface area contributed by atoms with Gasteiger partial charge in [0.2, 0.25) is 0 Å². The average molecular weight is 292 g/mol. The zero-order valence-electron chi connectivity index (χ0n) is 11.5. The van der Waals surface area contributed by atoms with E-state index >= 15 is 0 Å². The van der Waals surface area contributed by atoms with Crippen LogP contribution in [0.15, 0.2) is 18.2 Å². The Labute approximate surface area is 116 Å². The topological polar surface area (TPSA) is 46.5 Å². The number of aldehydes is 1. The zero-order valence-corrected chi connectivity index (χ0v) is 11.5. The summed E-state index contributed by atoms with van der Waals surface area (Å²) in [5.41, 5.74) is -1.38. The monoisotopic (exact) mass is 292 g/mol. The predicted octanol–water partition coefficient (Wildman–Crippen LogP) is 3.70. The van der Waals surface area contributed by atoms with E-state index in [1.807, 2.05) is 6.92 Å². The van der Waals surface area contributed by atoms with Gasteiger partial charge in [0.1, 0.15) is 11.3 Å². The van der Waals surface area contributed by atoms with Crippen molar-refractivity contribution in [3.05, 3.63) is 29.3 Å². The SMILES string of the molecule is CCCCCOc1cccc(C=O)c1C(F)(F)F.CO. The first-order chi connectivity index (χ1) is 9.50. The summed E-state index contributed by atoms with van der Waals surface area (Å²) in [4.78, 5) is 10.6. The second kappa shape index (κ2) is 9.36. The molecule has 0 fully saturated rings. The summed E-state index contributed by atoms with van der Waals surface area (Å²) in [5.74, 6) is -0.275. The van der Waals surface area contributed by atoms with Gasteiger partial charge >= 0.3 is 6.18 Å². The summed E-state index contributed by atoms with van der Waals surface area (Å²) in [6.07, 6.45) is -1.84. The highest BCUT2D eigenvalue weighted by molar-refractivity contribution is 5.79. The van der Waals surface area contributed by atoms with Crippen molar-refractivity contribution in [2.24, 2.45) is 0 Å². The molecule has 1 aromatic rings. The number of unbranched alkanes of at least 4 members (excludes halogenated alkanes) is 2. The van der Waals surface area contributed by atoms with E-state index in [0.717, 1.165) is 26.0 Å². The summed E-state index contributed by atoms with van der Waals surface area (Å²) in [5, 5.41) is 7.00. The van der Waals surface area contributed by atoms with Crippen LogP contribution in [-0.4, -0.2) is 25.1 Å². The highest BCUT2D eigenvalue weighted by Gasteiger charge is 2.37. The number of benzene rings is 1. The lowest BCUT2D eigenvalue weighted by Crippen LogP contribution is -2.12. The molecular weight excluding hydrogens is 273 g/mol. The van der Waals surface area contributed by atoms with Crippen molar-refractivity contribution in [1.29, 1.82) is 0 Å². The van der Waals surface area contributed by atoms with Gasteiger partial charge in [0, 0.05) is 12.7 Å². The number of ether oxygens (including phenoxy) is 1. The number of aliphatic hydroxyl groups excluding tert-OH is 1. The molecule has 0 aliphatic carbocycles. The summed E-state index contributed by atoms with van der Waals surface area (Å²) in [6, 6.07) is 3.75. The van der Waals surface area contributed by atoms with Crippen LogP contribution >= 0.6 is 0 Å². The molecule has 1 rings (SSSR count). The van der Waals surface area contributed by atoms with Crippen LogP contribution in [0.3, 0.4) is 0 Å². The molecule has 1 N–H and O–H groups in total. The van der Waals surface area contributed by atoms with E-state index in [4.69, 9.17) is 9.84 Å². The van der Waals surface area contributed by atoms with E-state index < -0.39 is 17.3 Å². The number of rotatable bonds is 6. The van der Waals surface area contributed by atoms with Gasteiger partial charge in [0.15, 0.2) is 6.29 Å². The molecule has 20 heavy (non-hydrogen) atoms. The predicted molar refractivity (Wildman–Crippen MR) is 70.0 cm³/mol. The first kappa shape index (κ1) is 18.4. The molecule has 0 spiro atoms. The third kappa shape index (κ3) is 5.61. The molecule has 0 aliphatic heterocycles. The fraction of sp³-hybridized carbons (Fsp3) is 0.500. The second-order valence-corrected chi connectivity index (χ2v) is 3.89. The number of aliphatic hydroxyl groups is 1. The van der Waals surface area contributed by atoms with Gasteiger partial charge in [-0.05, 0) is 12.5 Å². The van der Waals surface area contributed by atoms with Crippen molar-refractivity contribution in [3.8, 4) is 5.75 Å². The Hall–Kier alpha value is -1.56. The molecule has 0 radical (unpaired) electrons. The van der Waals surface area contributed by atoms with Crippen LogP contribution in [0.25, 0.3) is 0 Å². The fourth-order valence-electron chi connectivity index (χ4n) is 1.60. The van der Waals surface area contributed by atoms with E-state index in [1.165, 1.54) is 12.1 Å². The van der Waals surface area contributed by atoms with Crippen molar-refractivity contribution in [1.82, 2.24) is 0 Å². The van der Waals surface area contributed by atoms with Gasteiger partial charge in [0.25, 0.3) is 0 Å². The van der Waals surface area contributed by atoms with Gasteiger partial charge in [-0.15, -0.1) is 0 Å². The Kier molecular flexibility index (Phi) is 8.63. The fourth-order valence-corrected chi connectivity index (χ4v) is 1.60. The normalized spacial score (nSPS) is 10.5. The Balaban J connectivity index is 0.00000172. The Morgan fingerprint density at radius 2 is 1.90 bits per heavy atom. The molecule has 0 saturated heterocycles. The summed E-state index contributed by atoms with van der Waals surface area (Å²) in [7, 11) is 1.00. The van der Waals surface area contributed by atoms with Crippen LogP contribution in [0.2, 0.25) is 0 Å². The maximum Gasteiger partial charge on any atom is 0.420 e. The van der Waals surface area contributed by atoms with Crippen molar-refractivity contribution in [2.45, 2.75) is 32.4 Å². The Morgan fingerprint density at radius 1 is 1.25 bits per heavy atom. The summed E-state index contributed by atoms with van der Waals surface area (Å²) >= 11 is 0. The minimum absolute atomic E-state index is 0.196. The number of hydrogen-bond donors (Lipinski definition) is 1. The van der Waals surface area contributed by atoms with Crippen molar-refractivity contribution >= 4 is 6.29 Å². The Bertz CT molecular complexity index is 403. The standard InChI is InChI=1S/C13H15F3O2.CH4O/c1-2-3-4-8-18-11-7-5-6-10(9-17)12(11)13(14,15)16;1-2/h5-7,9H,2-4,8H2,1H3;2H,1H3. The minimum Gasteiger partial charge on any atom is -0.493 e. The van der Waals surface area contributed by atoms with Crippen LogP contribution in [0.1, 0.15) is 42.1 Å². The molecule has 0 amide bonds. The zero-order chi connectivity index (χ0) is 15.6. The molecular formula is C14H19F3O3. The lowest BCUT2D eigenvalue weighted by atomic mass is 10.1. The van der Waals surface area contributed by atoms with Crippen LogP contribution in [0.5, 0.6) is 5.75 Å². The minimum atomic E-state index is -4.59. The first-order valence-corrected chi connectivity index (χ1v) is 6.23. The van der Waals surface area contributed by atoms with E-state index in [1.54, 1.807) is 0 Å².